The molecule has 1 spiro atoms. The van der Waals surface area contributed by atoms with Gasteiger partial charge in [0.1, 0.15) is 5.82 Å². The van der Waals surface area contributed by atoms with E-state index in [4.69, 9.17) is 0 Å². The van der Waals surface area contributed by atoms with Gasteiger partial charge in [0.25, 0.3) is 0 Å². The summed E-state index contributed by atoms with van der Waals surface area (Å²) in [6.45, 7) is 1.93. The number of rotatable bonds is 1. The van der Waals surface area contributed by atoms with Gasteiger partial charge < -0.3 is 5.32 Å². The number of nitrogens with one attached hydrogen (secondary N) is 1. The number of piperidine rings is 1. The Hall–Kier alpha value is -1.70. The first-order valence-electron chi connectivity index (χ1n) is 6.85. The Morgan fingerprint density at radius 1 is 1.24 bits per heavy atom. The van der Waals surface area contributed by atoms with Crippen molar-refractivity contribution >= 4 is 11.7 Å². The molecular weight excluding hydrogens is 285 g/mol. The first-order valence-corrected chi connectivity index (χ1v) is 6.85. The lowest BCUT2D eigenvalue weighted by Crippen LogP contribution is -2.43. The lowest BCUT2D eigenvalue weighted by Gasteiger charge is -2.31. The number of aromatic nitrogens is 2. The van der Waals surface area contributed by atoms with Crippen LogP contribution in [0, 0.1) is 5.41 Å². The molecule has 0 bridgehead atoms. The molecule has 3 heterocycles. The quantitative estimate of drug-likeness (QED) is 0.856. The molecule has 1 aromatic rings. The van der Waals surface area contributed by atoms with Gasteiger partial charge in [-0.25, -0.2) is 9.97 Å². The zero-order valence-electron chi connectivity index (χ0n) is 11.3. The topological polar surface area (TPSA) is 58.1 Å². The van der Waals surface area contributed by atoms with Crippen molar-refractivity contribution in [3.05, 3.63) is 18.1 Å². The van der Waals surface area contributed by atoms with Crippen LogP contribution in [0.2, 0.25) is 0 Å². The molecule has 1 N–H and O–H groups in total. The van der Waals surface area contributed by atoms with E-state index < -0.39 is 17.4 Å². The number of anilines is 1. The number of amides is 1. The molecule has 0 saturated carbocycles. The fourth-order valence-corrected chi connectivity index (χ4v) is 3.04. The standard InChI is InChI=1S/C13H15F3N4O/c14-13(15,16)10-18-5-1-9(19-10)20-8-4-12(11(20)21)2-6-17-7-3-12/h1,5,17H,2-4,6-8H2. The van der Waals surface area contributed by atoms with Crippen molar-refractivity contribution in [1.82, 2.24) is 15.3 Å². The zero-order chi connectivity index (χ0) is 15.1. The van der Waals surface area contributed by atoms with E-state index in [0.717, 1.165) is 32.1 Å². The number of nitrogens with zero attached hydrogens (tertiary/aromatic N) is 3. The molecule has 0 atom stereocenters. The van der Waals surface area contributed by atoms with Gasteiger partial charge in [-0.15, -0.1) is 0 Å². The van der Waals surface area contributed by atoms with E-state index in [1.54, 1.807) is 0 Å². The molecule has 0 unspecified atom stereocenters. The lowest BCUT2D eigenvalue weighted by molar-refractivity contribution is -0.145. The first-order chi connectivity index (χ1) is 9.92. The highest BCUT2D eigenvalue weighted by Gasteiger charge is 2.48. The molecule has 114 valence electrons. The molecule has 2 fully saturated rings. The van der Waals surface area contributed by atoms with Gasteiger partial charge in [-0.1, -0.05) is 0 Å². The van der Waals surface area contributed by atoms with Crippen LogP contribution < -0.4 is 10.2 Å². The minimum atomic E-state index is -4.61. The highest BCUT2D eigenvalue weighted by molar-refractivity contribution is 5.99. The number of carbonyl (C=O) groups is 1. The van der Waals surface area contributed by atoms with Crippen molar-refractivity contribution in [3.8, 4) is 0 Å². The summed E-state index contributed by atoms with van der Waals surface area (Å²) in [6, 6.07) is 1.35. The Bertz CT molecular complexity index is 555. The summed E-state index contributed by atoms with van der Waals surface area (Å²) < 4.78 is 38.0. The Kier molecular flexibility index (Phi) is 3.35. The Morgan fingerprint density at radius 2 is 1.95 bits per heavy atom. The number of hydrogen-bond donors (Lipinski definition) is 1. The second kappa shape index (κ2) is 4.94. The van der Waals surface area contributed by atoms with Crippen LogP contribution in [0.15, 0.2) is 12.3 Å². The normalized spacial score (nSPS) is 22.0. The molecule has 2 saturated heterocycles. The fraction of sp³-hybridized carbons (Fsp3) is 0.615. The highest BCUT2D eigenvalue weighted by atomic mass is 19.4. The monoisotopic (exact) mass is 300 g/mol. The fourth-order valence-electron chi connectivity index (χ4n) is 3.04. The van der Waals surface area contributed by atoms with Crippen LogP contribution in [0.5, 0.6) is 0 Å². The van der Waals surface area contributed by atoms with E-state index >= 15 is 0 Å². The number of carbonyl (C=O) groups excluding carboxylic acids is 1. The van der Waals surface area contributed by atoms with Gasteiger partial charge in [0.15, 0.2) is 0 Å². The lowest BCUT2D eigenvalue weighted by atomic mass is 9.78. The van der Waals surface area contributed by atoms with E-state index in [-0.39, 0.29) is 11.7 Å². The molecule has 0 radical (unpaired) electrons. The molecule has 2 aliphatic rings. The predicted molar refractivity (Wildman–Crippen MR) is 68.5 cm³/mol. The third kappa shape index (κ3) is 2.48. The summed E-state index contributed by atoms with van der Waals surface area (Å²) in [4.78, 5) is 20.7. The molecule has 2 aliphatic heterocycles. The Balaban J connectivity index is 1.87. The van der Waals surface area contributed by atoms with Crippen LogP contribution in [0.1, 0.15) is 25.1 Å². The van der Waals surface area contributed by atoms with E-state index in [0.29, 0.717) is 13.0 Å². The zero-order valence-corrected chi connectivity index (χ0v) is 11.3. The van der Waals surface area contributed by atoms with Crippen LogP contribution in [0.4, 0.5) is 19.0 Å². The molecule has 8 heteroatoms. The second-order valence-electron chi connectivity index (χ2n) is 5.47. The summed E-state index contributed by atoms with van der Waals surface area (Å²) in [5, 5.41) is 3.19. The van der Waals surface area contributed by atoms with Crippen LogP contribution in [0.25, 0.3) is 0 Å². The molecule has 1 aromatic heterocycles. The molecule has 0 aromatic carbocycles. The third-order valence-corrected chi connectivity index (χ3v) is 4.24. The van der Waals surface area contributed by atoms with Gasteiger partial charge in [0, 0.05) is 12.7 Å². The van der Waals surface area contributed by atoms with E-state index in [9.17, 15) is 18.0 Å². The maximum atomic E-state index is 12.7. The third-order valence-electron chi connectivity index (χ3n) is 4.24. The largest absolute Gasteiger partial charge is 0.451 e. The van der Waals surface area contributed by atoms with Gasteiger partial charge in [-0.05, 0) is 38.4 Å². The average molecular weight is 300 g/mol. The Morgan fingerprint density at radius 3 is 2.62 bits per heavy atom. The summed E-state index contributed by atoms with van der Waals surface area (Å²) in [5.41, 5.74) is -0.436. The van der Waals surface area contributed by atoms with Crippen molar-refractivity contribution in [1.29, 1.82) is 0 Å². The highest BCUT2D eigenvalue weighted by Crippen LogP contribution is 2.41. The summed E-state index contributed by atoms with van der Waals surface area (Å²) in [5.74, 6) is -1.28. The minimum absolute atomic E-state index is 0.0396. The van der Waals surface area contributed by atoms with Gasteiger partial charge in [-0.2, -0.15) is 13.2 Å². The number of halogens is 3. The predicted octanol–water partition coefficient (Wildman–Crippen LogP) is 1.60. The average Bonchev–Trinajstić information content (AvgIpc) is 2.76. The van der Waals surface area contributed by atoms with E-state index in [2.05, 4.69) is 15.3 Å². The maximum absolute atomic E-state index is 12.7. The van der Waals surface area contributed by atoms with Crippen molar-refractivity contribution in [2.45, 2.75) is 25.4 Å². The van der Waals surface area contributed by atoms with Crippen molar-refractivity contribution in [2.24, 2.45) is 5.41 Å². The van der Waals surface area contributed by atoms with Crippen LogP contribution in [-0.4, -0.2) is 35.5 Å². The van der Waals surface area contributed by atoms with Crippen LogP contribution in [-0.2, 0) is 11.0 Å². The van der Waals surface area contributed by atoms with Crippen LogP contribution in [0.3, 0.4) is 0 Å². The van der Waals surface area contributed by atoms with Gasteiger partial charge in [0.2, 0.25) is 11.7 Å². The van der Waals surface area contributed by atoms with Gasteiger partial charge in [-0.3, -0.25) is 9.69 Å². The minimum Gasteiger partial charge on any atom is -0.317 e. The molecule has 1 amide bonds. The summed E-state index contributed by atoms with van der Waals surface area (Å²) >= 11 is 0. The number of alkyl halides is 3. The summed E-state index contributed by atoms with van der Waals surface area (Å²) in [6.07, 6.45) is -1.45. The van der Waals surface area contributed by atoms with Crippen molar-refractivity contribution in [2.75, 3.05) is 24.5 Å². The first kappa shape index (κ1) is 14.2. The van der Waals surface area contributed by atoms with Crippen molar-refractivity contribution < 1.29 is 18.0 Å². The summed E-state index contributed by atoms with van der Waals surface area (Å²) in [7, 11) is 0. The molecule has 0 aliphatic carbocycles. The van der Waals surface area contributed by atoms with E-state index in [1.807, 2.05) is 0 Å². The Labute approximate surface area is 119 Å². The SMILES string of the molecule is O=C1N(c2ccnc(C(F)(F)F)n2)CCC12CCNCC2. The number of hydrogen-bond acceptors (Lipinski definition) is 4. The second-order valence-corrected chi connectivity index (χ2v) is 5.47. The molecule has 21 heavy (non-hydrogen) atoms. The molecule has 5 nitrogen and oxygen atoms in total. The smallest absolute Gasteiger partial charge is 0.317 e. The van der Waals surface area contributed by atoms with Gasteiger partial charge in [0.05, 0.1) is 5.41 Å². The van der Waals surface area contributed by atoms with Crippen molar-refractivity contribution in [3.63, 3.8) is 0 Å². The van der Waals surface area contributed by atoms with Gasteiger partial charge >= 0.3 is 6.18 Å². The molecular formula is C13H15F3N4O. The maximum Gasteiger partial charge on any atom is 0.451 e. The van der Waals surface area contributed by atoms with E-state index in [1.165, 1.54) is 11.0 Å². The van der Waals surface area contributed by atoms with Crippen LogP contribution >= 0.6 is 0 Å². The molecule has 3 rings (SSSR count).